The van der Waals surface area contributed by atoms with Gasteiger partial charge in [0.25, 0.3) is 0 Å². The molecule has 0 aliphatic heterocycles. The molecule has 0 aliphatic rings. The van der Waals surface area contributed by atoms with Gasteiger partial charge in [-0.05, 0) is 30.2 Å². The van der Waals surface area contributed by atoms with E-state index in [0.29, 0.717) is 5.95 Å². The highest BCUT2D eigenvalue weighted by molar-refractivity contribution is 5.50. The van der Waals surface area contributed by atoms with E-state index in [1.54, 1.807) is 29.2 Å². The molecule has 0 unspecified atom stereocenters. The van der Waals surface area contributed by atoms with E-state index >= 15 is 0 Å². The molecule has 0 bridgehead atoms. The Morgan fingerprint density at radius 1 is 1.09 bits per heavy atom. The van der Waals surface area contributed by atoms with Crippen molar-refractivity contribution in [3.8, 4) is 5.75 Å². The molecule has 3 N–H and O–H groups in total. The number of aryl methyl sites for hydroxylation is 1. The molecule has 1 aromatic carbocycles. The fourth-order valence-electron chi connectivity index (χ4n) is 2.13. The van der Waals surface area contributed by atoms with Crippen LogP contribution in [0.4, 0.5) is 17.6 Å². The van der Waals surface area contributed by atoms with E-state index in [0.717, 1.165) is 30.2 Å². The number of nitrogens with zero attached hydrogens (tertiary/aromatic N) is 4. The summed E-state index contributed by atoms with van der Waals surface area (Å²) in [4.78, 5) is 8.62. The van der Waals surface area contributed by atoms with Crippen LogP contribution in [0.3, 0.4) is 0 Å². The van der Waals surface area contributed by atoms with Gasteiger partial charge in [0.1, 0.15) is 17.4 Å². The lowest BCUT2D eigenvalue weighted by molar-refractivity contribution is 0.475. The van der Waals surface area contributed by atoms with Crippen molar-refractivity contribution in [1.29, 1.82) is 0 Å². The normalized spacial score (nSPS) is 10.5. The van der Waals surface area contributed by atoms with E-state index in [9.17, 15) is 5.11 Å². The topological polar surface area (TPSA) is 87.9 Å². The van der Waals surface area contributed by atoms with Crippen LogP contribution in [0.1, 0.15) is 5.56 Å². The molecular weight excluding hydrogens is 292 g/mol. The van der Waals surface area contributed by atoms with E-state index in [1.165, 1.54) is 0 Å². The Hall–Kier alpha value is -3.09. The Morgan fingerprint density at radius 2 is 1.91 bits per heavy atom. The van der Waals surface area contributed by atoms with Gasteiger partial charge in [0.2, 0.25) is 5.95 Å². The standard InChI is InChI=1S/C16H18N6O/c1-22-15(8-11-19-22)21-16-18-10-7-14(20-16)17-9-6-12-2-4-13(23)5-3-12/h2-5,7-8,10-11,23H,6,9H2,1H3,(H2,17,18,20,21). The second-order valence-electron chi connectivity index (χ2n) is 5.07. The smallest absolute Gasteiger partial charge is 0.230 e. The minimum Gasteiger partial charge on any atom is -0.508 e. The van der Waals surface area contributed by atoms with Gasteiger partial charge >= 0.3 is 0 Å². The summed E-state index contributed by atoms with van der Waals surface area (Å²) in [7, 11) is 1.85. The zero-order valence-electron chi connectivity index (χ0n) is 12.8. The molecule has 2 heterocycles. The van der Waals surface area contributed by atoms with Crippen molar-refractivity contribution in [1.82, 2.24) is 19.7 Å². The van der Waals surface area contributed by atoms with Crippen molar-refractivity contribution in [3.05, 3.63) is 54.4 Å². The third-order valence-corrected chi connectivity index (χ3v) is 3.37. The molecular formula is C16H18N6O. The first kappa shape index (κ1) is 14.8. The van der Waals surface area contributed by atoms with Gasteiger partial charge in [0, 0.05) is 25.9 Å². The largest absolute Gasteiger partial charge is 0.508 e. The SMILES string of the molecule is Cn1nccc1Nc1nccc(NCCc2ccc(O)cc2)n1. The lowest BCUT2D eigenvalue weighted by Crippen LogP contribution is -2.08. The predicted octanol–water partition coefficient (Wildman–Crippen LogP) is 2.31. The third kappa shape index (κ3) is 3.97. The molecule has 0 spiro atoms. The summed E-state index contributed by atoms with van der Waals surface area (Å²) in [5.41, 5.74) is 1.15. The molecule has 0 fully saturated rings. The van der Waals surface area contributed by atoms with Crippen LogP contribution in [-0.2, 0) is 13.5 Å². The summed E-state index contributed by atoms with van der Waals surface area (Å²) in [5, 5.41) is 19.7. The quantitative estimate of drug-likeness (QED) is 0.647. The van der Waals surface area contributed by atoms with Crippen molar-refractivity contribution in [3.63, 3.8) is 0 Å². The molecule has 118 valence electrons. The lowest BCUT2D eigenvalue weighted by Gasteiger charge is -2.08. The molecule has 3 aromatic rings. The first-order valence-corrected chi connectivity index (χ1v) is 7.30. The number of phenolic OH excluding ortho intramolecular Hbond substituents is 1. The van der Waals surface area contributed by atoms with Crippen molar-refractivity contribution < 1.29 is 5.11 Å². The fraction of sp³-hybridized carbons (Fsp3) is 0.188. The van der Waals surface area contributed by atoms with Crippen LogP contribution in [0.2, 0.25) is 0 Å². The minimum atomic E-state index is 0.281. The Labute approximate surface area is 134 Å². The van der Waals surface area contributed by atoms with Gasteiger partial charge < -0.3 is 15.7 Å². The van der Waals surface area contributed by atoms with Crippen molar-refractivity contribution in [2.75, 3.05) is 17.2 Å². The minimum absolute atomic E-state index is 0.281. The van der Waals surface area contributed by atoms with Crippen molar-refractivity contribution in [2.45, 2.75) is 6.42 Å². The van der Waals surface area contributed by atoms with E-state index < -0.39 is 0 Å². The summed E-state index contributed by atoms with van der Waals surface area (Å²) in [6.45, 7) is 0.743. The molecule has 7 heteroatoms. The monoisotopic (exact) mass is 310 g/mol. The maximum Gasteiger partial charge on any atom is 0.230 e. The molecule has 2 aromatic heterocycles. The molecule has 0 saturated heterocycles. The Kier molecular flexibility index (Phi) is 4.37. The number of hydrogen-bond acceptors (Lipinski definition) is 6. The van der Waals surface area contributed by atoms with E-state index in [4.69, 9.17) is 0 Å². The lowest BCUT2D eigenvalue weighted by atomic mass is 10.1. The highest BCUT2D eigenvalue weighted by Gasteiger charge is 2.03. The molecule has 0 atom stereocenters. The molecule has 0 saturated carbocycles. The zero-order chi connectivity index (χ0) is 16.1. The number of benzene rings is 1. The highest BCUT2D eigenvalue weighted by Crippen LogP contribution is 2.13. The van der Waals surface area contributed by atoms with Crippen LogP contribution < -0.4 is 10.6 Å². The third-order valence-electron chi connectivity index (χ3n) is 3.37. The number of aromatic nitrogens is 4. The van der Waals surface area contributed by atoms with Gasteiger partial charge in [-0.15, -0.1) is 0 Å². The van der Waals surface area contributed by atoms with Gasteiger partial charge in [0.05, 0.1) is 6.20 Å². The average molecular weight is 310 g/mol. The number of rotatable bonds is 6. The summed E-state index contributed by atoms with van der Waals surface area (Å²) in [5.74, 6) is 2.38. The molecule has 0 radical (unpaired) electrons. The number of hydrogen-bond donors (Lipinski definition) is 3. The van der Waals surface area contributed by atoms with Gasteiger partial charge in [-0.1, -0.05) is 12.1 Å². The number of phenols is 1. The predicted molar refractivity (Wildman–Crippen MR) is 88.8 cm³/mol. The van der Waals surface area contributed by atoms with Crippen LogP contribution in [0.15, 0.2) is 48.8 Å². The van der Waals surface area contributed by atoms with Crippen LogP contribution in [0.5, 0.6) is 5.75 Å². The second-order valence-corrected chi connectivity index (χ2v) is 5.07. The van der Waals surface area contributed by atoms with Gasteiger partial charge in [-0.25, -0.2) is 4.98 Å². The maximum atomic E-state index is 9.27. The van der Waals surface area contributed by atoms with E-state index in [2.05, 4.69) is 25.7 Å². The Bertz CT molecular complexity index is 768. The average Bonchev–Trinajstić information content (AvgIpc) is 2.95. The summed E-state index contributed by atoms with van der Waals surface area (Å²) < 4.78 is 1.72. The van der Waals surface area contributed by atoms with Crippen LogP contribution in [0.25, 0.3) is 0 Å². The molecule has 0 amide bonds. The number of aromatic hydroxyl groups is 1. The zero-order valence-corrected chi connectivity index (χ0v) is 12.8. The summed E-state index contributed by atoms with van der Waals surface area (Å²) in [6.07, 6.45) is 4.26. The number of anilines is 3. The van der Waals surface area contributed by atoms with Gasteiger partial charge in [0.15, 0.2) is 0 Å². The molecule has 23 heavy (non-hydrogen) atoms. The van der Waals surface area contributed by atoms with E-state index in [1.807, 2.05) is 31.3 Å². The van der Waals surface area contributed by atoms with Gasteiger partial charge in [-0.3, -0.25) is 4.68 Å². The van der Waals surface area contributed by atoms with Crippen LogP contribution >= 0.6 is 0 Å². The first-order valence-electron chi connectivity index (χ1n) is 7.30. The van der Waals surface area contributed by atoms with Crippen LogP contribution in [-0.4, -0.2) is 31.4 Å². The molecule has 3 rings (SSSR count). The summed E-state index contributed by atoms with van der Waals surface area (Å²) in [6, 6.07) is 10.9. The second kappa shape index (κ2) is 6.78. The maximum absolute atomic E-state index is 9.27. The molecule has 0 aliphatic carbocycles. The Balaban J connectivity index is 1.57. The fourth-order valence-corrected chi connectivity index (χ4v) is 2.13. The van der Waals surface area contributed by atoms with Crippen molar-refractivity contribution in [2.24, 2.45) is 7.05 Å². The first-order chi connectivity index (χ1) is 11.2. The van der Waals surface area contributed by atoms with Gasteiger partial charge in [-0.2, -0.15) is 10.1 Å². The molecule has 7 nitrogen and oxygen atoms in total. The number of nitrogens with one attached hydrogen (secondary N) is 2. The van der Waals surface area contributed by atoms with E-state index in [-0.39, 0.29) is 5.75 Å². The van der Waals surface area contributed by atoms with Crippen molar-refractivity contribution >= 4 is 17.6 Å². The van der Waals surface area contributed by atoms with Crippen LogP contribution in [0, 0.1) is 0 Å². The highest BCUT2D eigenvalue weighted by atomic mass is 16.3. The summed E-state index contributed by atoms with van der Waals surface area (Å²) >= 11 is 0. The Morgan fingerprint density at radius 3 is 2.65 bits per heavy atom.